The van der Waals surface area contributed by atoms with Gasteiger partial charge in [0.25, 0.3) is 0 Å². The van der Waals surface area contributed by atoms with Crippen molar-refractivity contribution in [3.05, 3.63) is 12.1 Å². The minimum Gasteiger partial charge on any atom is -0.480 e. The first-order valence-electron chi connectivity index (χ1n) is 2.77. The lowest BCUT2D eigenvalue weighted by atomic mass is 10.5. The number of hydrogen-bond donors (Lipinski definition) is 1. The second-order valence-corrected chi connectivity index (χ2v) is 1.42. The van der Waals surface area contributed by atoms with Crippen molar-refractivity contribution in [3.8, 4) is 0 Å². The Morgan fingerprint density at radius 1 is 1.80 bits per heavy atom. The Morgan fingerprint density at radius 2 is 2.50 bits per heavy atom. The summed E-state index contributed by atoms with van der Waals surface area (Å²) < 4.78 is 4.67. The van der Waals surface area contributed by atoms with Crippen LogP contribution in [0.25, 0.3) is 0 Å². The molecule has 0 heterocycles. The van der Waals surface area contributed by atoms with Gasteiger partial charge in [-0.05, 0) is 0 Å². The molecule has 0 aliphatic rings. The average Bonchev–Trinajstić information content (AvgIpc) is 1.99. The largest absolute Gasteiger partial charge is 0.480 e. The Labute approximate surface area is 59.4 Å². The van der Waals surface area contributed by atoms with Crippen molar-refractivity contribution < 1.29 is 9.53 Å². The molecule has 0 aromatic carbocycles. The lowest BCUT2D eigenvalue weighted by molar-refractivity contribution is -0.106. The van der Waals surface area contributed by atoms with Crippen LogP contribution in [-0.2, 0) is 9.53 Å². The number of nitrogens with zero attached hydrogens (tertiary/aromatic N) is 1. The van der Waals surface area contributed by atoms with E-state index >= 15 is 0 Å². The van der Waals surface area contributed by atoms with Gasteiger partial charge in [0.2, 0.25) is 5.88 Å². The Balaban J connectivity index is 3.73. The van der Waals surface area contributed by atoms with E-state index in [-0.39, 0.29) is 6.42 Å². The predicted molar refractivity (Wildman–Crippen MR) is 38.5 cm³/mol. The van der Waals surface area contributed by atoms with Crippen LogP contribution in [0.3, 0.4) is 0 Å². The fourth-order valence-corrected chi connectivity index (χ4v) is 0.349. The molecule has 2 N–H and O–H groups in total. The lowest BCUT2D eigenvalue weighted by Crippen LogP contribution is -1.89. The zero-order valence-electron chi connectivity index (χ0n) is 5.78. The Kier molecular flexibility index (Phi) is 5.04. The van der Waals surface area contributed by atoms with E-state index in [1.54, 1.807) is 0 Å². The summed E-state index contributed by atoms with van der Waals surface area (Å²) in [5.74, 6) is 0.307. The third kappa shape index (κ3) is 3.65. The van der Waals surface area contributed by atoms with Crippen LogP contribution in [0.4, 0.5) is 0 Å². The highest BCUT2D eigenvalue weighted by Gasteiger charge is 1.84. The topological polar surface area (TPSA) is 64.7 Å². The van der Waals surface area contributed by atoms with Gasteiger partial charge in [-0.1, -0.05) is 0 Å². The average molecular weight is 142 g/mol. The molecule has 0 fully saturated rings. The van der Waals surface area contributed by atoms with Crippen molar-refractivity contribution in [2.24, 2.45) is 10.7 Å². The molecule has 0 rings (SSSR count). The van der Waals surface area contributed by atoms with Gasteiger partial charge in [0, 0.05) is 12.6 Å². The van der Waals surface area contributed by atoms with Crippen molar-refractivity contribution >= 4 is 12.5 Å². The van der Waals surface area contributed by atoms with Crippen molar-refractivity contribution in [3.63, 3.8) is 0 Å². The fraction of sp³-hybridized carbons (Fsp3) is 0.333. The Bertz CT molecular complexity index is 152. The van der Waals surface area contributed by atoms with Gasteiger partial charge in [0.1, 0.15) is 6.29 Å². The fourth-order valence-electron chi connectivity index (χ4n) is 0.349. The zero-order chi connectivity index (χ0) is 7.82. The smallest absolute Gasteiger partial charge is 0.228 e. The summed E-state index contributed by atoms with van der Waals surface area (Å²) in [5, 5.41) is 0. The molecule has 0 saturated heterocycles. The molecular formula is C6H10N2O2. The van der Waals surface area contributed by atoms with Gasteiger partial charge in [-0.3, -0.25) is 0 Å². The first kappa shape index (κ1) is 8.68. The molecule has 10 heavy (non-hydrogen) atoms. The first-order valence-corrected chi connectivity index (χ1v) is 2.77. The number of aldehydes is 1. The molecule has 4 nitrogen and oxygen atoms in total. The zero-order valence-corrected chi connectivity index (χ0v) is 5.78. The highest BCUT2D eigenvalue weighted by molar-refractivity contribution is 5.76. The van der Waals surface area contributed by atoms with Crippen molar-refractivity contribution in [2.45, 2.75) is 6.42 Å². The minimum absolute atomic E-state index is 0.278. The van der Waals surface area contributed by atoms with Crippen LogP contribution >= 0.6 is 0 Å². The minimum atomic E-state index is 0.278. The second kappa shape index (κ2) is 5.81. The van der Waals surface area contributed by atoms with Gasteiger partial charge in [0.05, 0.1) is 13.3 Å². The summed E-state index contributed by atoms with van der Waals surface area (Å²) >= 11 is 0. The molecule has 56 valence electrons. The molecule has 0 aromatic rings. The molecule has 0 atom stereocenters. The maximum absolute atomic E-state index is 9.78. The highest BCUT2D eigenvalue weighted by atomic mass is 16.5. The molecular weight excluding hydrogens is 132 g/mol. The third-order valence-electron chi connectivity index (χ3n) is 0.772. The van der Waals surface area contributed by atoms with Crippen molar-refractivity contribution in [1.82, 2.24) is 0 Å². The van der Waals surface area contributed by atoms with Crippen LogP contribution in [-0.4, -0.2) is 19.6 Å². The number of carbonyl (C=O) groups excluding carboxylic acids is 1. The summed E-state index contributed by atoms with van der Waals surface area (Å²) in [4.78, 5) is 13.5. The molecule has 0 amide bonds. The lowest BCUT2D eigenvalue weighted by Gasteiger charge is -1.94. The molecule has 0 aliphatic carbocycles. The predicted octanol–water partition coefficient (Wildman–Crippen LogP) is 0.0502. The Morgan fingerprint density at radius 3 is 2.90 bits per heavy atom. The van der Waals surface area contributed by atoms with Gasteiger partial charge in [-0.15, -0.1) is 0 Å². The number of ether oxygens (including phenoxy) is 1. The van der Waals surface area contributed by atoms with Crippen LogP contribution in [0.5, 0.6) is 0 Å². The van der Waals surface area contributed by atoms with Crippen LogP contribution in [0, 0.1) is 0 Å². The molecule has 0 aliphatic heterocycles. The summed E-state index contributed by atoms with van der Waals surface area (Å²) in [6.45, 7) is 0. The van der Waals surface area contributed by atoms with Crippen LogP contribution in [0.2, 0.25) is 0 Å². The van der Waals surface area contributed by atoms with Crippen LogP contribution in [0.15, 0.2) is 17.1 Å². The van der Waals surface area contributed by atoms with Gasteiger partial charge in [-0.25, -0.2) is 4.99 Å². The monoisotopic (exact) mass is 142 g/mol. The molecule has 4 heteroatoms. The van der Waals surface area contributed by atoms with E-state index in [4.69, 9.17) is 5.73 Å². The van der Waals surface area contributed by atoms with E-state index in [0.29, 0.717) is 5.88 Å². The molecule has 0 saturated carbocycles. The highest BCUT2D eigenvalue weighted by Crippen LogP contribution is 1.91. The van der Waals surface area contributed by atoms with E-state index in [1.165, 1.54) is 19.5 Å². The molecule has 0 spiro atoms. The third-order valence-corrected chi connectivity index (χ3v) is 0.772. The number of hydrogen-bond acceptors (Lipinski definition) is 4. The number of methoxy groups -OCH3 is 1. The van der Waals surface area contributed by atoms with E-state index in [2.05, 4.69) is 9.73 Å². The van der Waals surface area contributed by atoms with Crippen LogP contribution in [0.1, 0.15) is 6.42 Å². The quantitative estimate of drug-likeness (QED) is 0.342. The van der Waals surface area contributed by atoms with E-state index < -0.39 is 0 Å². The van der Waals surface area contributed by atoms with E-state index in [9.17, 15) is 4.79 Å². The molecule has 0 unspecified atom stereocenters. The van der Waals surface area contributed by atoms with E-state index in [1.807, 2.05) is 0 Å². The number of rotatable bonds is 4. The standard InChI is InChI=1S/C6H10N2O2/c1-10-6(5-7)8-3-2-4-9/h3-5H,2,7H2,1H3/b6-5+,8-3-. The van der Waals surface area contributed by atoms with Gasteiger partial charge >= 0.3 is 0 Å². The van der Waals surface area contributed by atoms with Gasteiger partial charge in [0.15, 0.2) is 0 Å². The molecule has 0 radical (unpaired) electrons. The van der Waals surface area contributed by atoms with Crippen molar-refractivity contribution in [2.75, 3.05) is 7.11 Å². The molecule has 0 bridgehead atoms. The summed E-state index contributed by atoms with van der Waals surface area (Å²) in [7, 11) is 1.46. The molecule has 0 aromatic heterocycles. The number of nitrogens with two attached hydrogens (primary N) is 1. The van der Waals surface area contributed by atoms with Crippen LogP contribution < -0.4 is 5.73 Å². The normalized spacial score (nSPS) is 11.9. The maximum Gasteiger partial charge on any atom is 0.228 e. The summed E-state index contributed by atoms with van der Waals surface area (Å²) in [5.41, 5.74) is 5.08. The first-order chi connectivity index (χ1) is 4.85. The van der Waals surface area contributed by atoms with E-state index in [0.717, 1.165) is 6.29 Å². The SMILES string of the molecule is COC(=C/N)/N=C\CC=O. The summed E-state index contributed by atoms with van der Waals surface area (Å²) in [6.07, 6.45) is 3.67. The van der Waals surface area contributed by atoms with Crippen molar-refractivity contribution in [1.29, 1.82) is 0 Å². The van der Waals surface area contributed by atoms with Gasteiger partial charge < -0.3 is 15.3 Å². The number of carbonyl (C=O) groups is 1. The second-order valence-electron chi connectivity index (χ2n) is 1.42. The summed E-state index contributed by atoms with van der Waals surface area (Å²) in [6, 6.07) is 0. The maximum atomic E-state index is 9.78. The Hall–Kier alpha value is -1.32. The van der Waals surface area contributed by atoms with Gasteiger partial charge in [-0.2, -0.15) is 0 Å². The number of aliphatic imine (C=N–C) groups is 1.